The molecule has 0 unspecified atom stereocenters. The fraction of sp³-hybridized carbons (Fsp3) is 0.269. The van der Waals surface area contributed by atoms with Crippen LogP contribution in [0, 0.1) is 12.8 Å². The van der Waals surface area contributed by atoms with Gasteiger partial charge in [-0.1, -0.05) is 48.0 Å². The van der Waals surface area contributed by atoms with Crippen molar-refractivity contribution in [3.8, 4) is 0 Å². The summed E-state index contributed by atoms with van der Waals surface area (Å²) >= 11 is 6.12. The first-order chi connectivity index (χ1) is 17.5. The maximum Gasteiger partial charge on any atom is 0.261 e. The van der Waals surface area contributed by atoms with Crippen LogP contribution in [0.4, 0.5) is 11.4 Å². The Labute approximate surface area is 222 Å². The molecular formula is C26H28ClN3O5S2. The van der Waals surface area contributed by atoms with Crippen LogP contribution in [-0.2, 0) is 30.6 Å². The second-order valence-corrected chi connectivity index (χ2v) is 13.0. The van der Waals surface area contributed by atoms with Gasteiger partial charge >= 0.3 is 0 Å². The Morgan fingerprint density at radius 3 is 2.19 bits per heavy atom. The number of benzene rings is 3. The van der Waals surface area contributed by atoms with Crippen molar-refractivity contribution < 1.29 is 21.6 Å². The zero-order valence-corrected chi connectivity index (χ0v) is 22.6. The van der Waals surface area contributed by atoms with E-state index in [-0.39, 0.29) is 35.6 Å². The number of nitrogens with one attached hydrogen (secondary N) is 2. The molecule has 2 N–H and O–H groups in total. The molecule has 0 atom stereocenters. The summed E-state index contributed by atoms with van der Waals surface area (Å²) in [6, 6.07) is 19.9. The highest BCUT2D eigenvalue weighted by atomic mass is 35.5. The van der Waals surface area contributed by atoms with E-state index in [1.54, 1.807) is 36.4 Å². The van der Waals surface area contributed by atoms with Gasteiger partial charge in [0.2, 0.25) is 15.9 Å². The number of para-hydroxylation sites is 1. The minimum Gasteiger partial charge on any atom is -0.326 e. The molecule has 3 aromatic carbocycles. The molecule has 37 heavy (non-hydrogen) atoms. The number of rotatable bonds is 8. The minimum atomic E-state index is -3.78. The Balaban J connectivity index is 1.32. The van der Waals surface area contributed by atoms with Crippen molar-refractivity contribution in [1.29, 1.82) is 0 Å². The number of amides is 1. The summed E-state index contributed by atoms with van der Waals surface area (Å²) in [7, 11) is -7.34. The molecule has 0 aromatic heterocycles. The molecule has 3 aromatic rings. The van der Waals surface area contributed by atoms with Crippen molar-refractivity contribution in [1.82, 2.24) is 4.31 Å². The number of aryl methyl sites for hydroxylation is 1. The van der Waals surface area contributed by atoms with Gasteiger partial charge in [-0.3, -0.25) is 9.52 Å². The van der Waals surface area contributed by atoms with Gasteiger partial charge in [0, 0.05) is 29.7 Å². The van der Waals surface area contributed by atoms with Gasteiger partial charge in [-0.05, 0) is 67.3 Å². The summed E-state index contributed by atoms with van der Waals surface area (Å²) in [4.78, 5) is 12.9. The molecule has 0 radical (unpaired) electrons. The number of halogens is 1. The summed E-state index contributed by atoms with van der Waals surface area (Å²) in [6.07, 6.45) is 0.779. The minimum absolute atomic E-state index is 0.0748. The number of carbonyl (C=O) groups excluding carboxylic acids is 1. The van der Waals surface area contributed by atoms with Crippen molar-refractivity contribution >= 4 is 48.9 Å². The monoisotopic (exact) mass is 561 g/mol. The molecule has 1 aliphatic rings. The summed E-state index contributed by atoms with van der Waals surface area (Å²) in [5, 5.41) is 3.22. The van der Waals surface area contributed by atoms with E-state index in [9.17, 15) is 21.6 Å². The number of carbonyl (C=O) groups is 1. The van der Waals surface area contributed by atoms with Crippen LogP contribution in [0.25, 0.3) is 0 Å². The van der Waals surface area contributed by atoms with Crippen LogP contribution in [-0.4, -0.2) is 40.1 Å². The van der Waals surface area contributed by atoms with Crippen molar-refractivity contribution in [2.24, 2.45) is 5.92 Å². The maximum atomic E-state index is 12.8. The van der Waals surface area contributed by atoms with Crippen molar-refractivity contribution in [3.05, 3.63) is 88.9 Å². The lowest BCUT2D eigenvalue weighted by Crippen LogP contribution is -2.41. The molecular weight excluding hydrogens is 534 g/mol. The first kappa shape index (κ1) is 27.1. The van der Waals surface area contributed by atoms with Gasteiger partial charge in [0.15, 0.2) is 0 Å². The highest BCUT2D eigenvalue weighted by Gasteiger charge is 2.31. The van der Waals surface area contributed by atoms with E-state index >= 15 is 0 Å². The van der Waals surface area contributed by atoms with Crippen LogP contribution in [0.5, 0.6) is 0 Å². The molecule has 4 rings (SSSR count). The molecule has 0 saturated carbocycles. The fourth-order valence-corrected chi connectivity index (χ4v) is 7.16. The standard InChI is InChI=1S/C26H28ClN3O5S2/c1-19-6-2-5-9-25(19)29-37(34,35)23-12-10-22(11-13-23)28-26(31)20-14-16-30(17-15-20)36(32,33)18-21-7-3-4-8-24(21)27/h2-13,20,29H,14-18H2,1H3,(H,28,31). The Hall–Kier alpha value is -2.92. The lowest BCUT2D eigenvalue weighted by molar-refractivity contribution is -0.120. The van der Waals surface area contributed by atoms with Crippen LogP contribution in [0.3, 0.4) is 0 Å². The molecule has 0 aliphatic carbocycles. The highest BCUT2D eigenvalue weighted by molar-refractivity contribution is 7.92. The van der Waals surface area contributed by atoms with Crippen molar-refractivity contribution in [2.75, 3.05) is 23.1 Å². The molecule has 196 valence electrons. The fourth-order valence-electron chi connectivity index (χ4n) is 4.15. The van der Waals surface area contributed by atoms with Crippen molar-refractivity contribution in [2.45, 2.75) is 30.4 Å². The predicted octanol–water partition coefficient (Wildman–Crippen LogP) is 4.63. The van der Waals surface area contributed by atoms with Gasteiger partial charge in [-0.15, -0.1) is 0 Å². The molecule has 0 bridgehead atoms. The third kappa shape index (κ3) is 6.70. The van der Waals surface area contributed by atoms with Crippen molar-refractivity contribution in [3.63, 3.8) is 0 Å². The van der Waals surface area contributed by atoms with E-state index in [0.717, 1.165) is 5.56 Å². The first-order valence-electron chi connectivity index (χ1n) is 11.8. The number of nitrogens with zero attached hydrogens (tertiary/aromatic N) is 1. The smallest absolute Gasteiger partial charge is 0.261 e. The molecule has 8 nitrogen and oxygen atoms in total. The summed E-state index contributed by atoms with van der Waals surface area (Å²) < 4.78 is 55.1. The zero-order chi connectivity index (χ0) is 26.6. The average molecular weight is 562 g/mol. The summed E-state index contributed by atoms with van der Waals surface area (Å²) in [5.41, 5.74) is 2.31. The van der Waals surface area contributed by atoms with Gasteiger partial charge in [-0.25, -0.2) is 21.1 Å². The van der Waals surface area contributed by atoms with Gasteiger partial charge in [0.25, 0.3) is 10.0 Å². The van der Waals surface area contributed by atoms with Crippen LogP contribution < -0.4 is 10.0 Å². The van der Waals surface area contributed by atoms with E-state index in [1.807, 2.05) is 19.1 Å². The SMILES string of the molecule is Cc1ccccc1NS(=O)(=O)c1ccc(NC(=O)C2CCN(S(=O)(=O)Cc3ccccc3Cl)CC2)cc1. The number of anilines is 2. The Kier molecular flexibility index (Phi) is 8.23. The normalized spacial score (nSPS) is 15.3. The van der Waals surface area contributed by atoms with Crippen LogP contribution in [0.15, 0.2) is 77.7 Å². The lowest BCUT2D eigenvalue weighted by atomic mass is 9.97. The third-order valence-corrected chi connectivity index (χ3v) is 9.91. The second-order valence-electron chi connectivity index (χ2n) is 8.96. The van der Waals surface area contributed by atoms with E-state index < -0.39 is 20.0 Å². The highest BCUT2D eigenvalue weighted by Crippen LogP contribution is 2.26. The molecule has 1 aliphatic heterocycles. The number of hydrogen-bond donors (Lipinski definition) is 2. The first-order valence-corrected chi connectivity index (χ1v) is 15.2. The van der Waals surface area contributed by atoms with E-state index in [0.29, 0.717) is 34.8 Å². The van der Waals surface area contributed by atoms with Crippen LogP contribution in [0.2, 0.25) is 5.02 Å². The van der Waals surface area contributed by atoms with Gasteiger partial charge in [-0.2, -0.15) is 0 Å². The molecule has 0 spiro atoms. The Morgan fingerprint density at radius 2 is 1.54 bits per heavy atom. The predicted molar refractivity (Wildman–Crippen MR) is 145 cm³/mol. The van der Waals surface area contributed by atoms with E-state index in [2.05, 4.69) is 10.0 Å². The number of piperidine rings is 1. The molecule has 1 amide bonds. The summed E-state index contributed by atoms with van der Waals surface area (Å²) in [6.45, 7) is 2.30. The van der Waals surface area contributed by atoms with Crippen LogP contribution >= 0.6 is 11.6 Å². The van der Waals surface area contributed by atoms with Gasteiger partial charge in [0.1, 0.15) is 0 Å². The number of sulfonamides is 2. The summed E-state index contributed by atoms with van der Waals surface area (Å²) in [5.74, 6) is -0.757. The van der Waals surface area contributed by atoms with E-state index in [1.165, 1.54) is 28.6 Å². The molecule has 11 heteroatoms. The Morgan fingerprint density at radius 1 is 0.919 bits per heavy atom. The molecule has 1 saturated heterocycles. The lowest BCUT2D eigenvalue weighted by Gasteiger charge is -2.30. The maximum absolute atomic E-state index is 12.8. The van der Waals surface area contributed by atoms with Gasteiger partial charge in [0.05, 0.1) is 16.3 Å². The number of hydrogen-bond acceptors (Lipinski definition) is 5. The quantitative estimate of drug-likeness (QED) is 0.416. The molecule has 1 fully saturated rings. The second kappa shape index (κ2) is 11.2. The van der Waals surface area contributed by atoms with Gasteiger partial charge < -0.3 is 5.32 Å². The van der Waals surface area contributed by atoms with Crippen LogP contribution in [0.1, 0.15) is 24.0 Å². The zero-order valence-electron chi connectivity index (χ0n) is 20.2. The topological polar surface area (TPSA) is 113 Å². The largest absolute Gasteiger partial charge is 0.326 e. The van der Waals surface area contributed by atoms with E-state index in [4.69, 9.17) is 11.6 Å². The molecule has 1 heterocycles. The third-order valence-electron chi connectivity index (χ3n) is 6.34. The Bertz CT molecular complexity index is 1480. The average Bonchev–Trinajstić information content (AvgIpc) is 2.87.